The Bertz CT molecular complexity index is 260. The van der Waals surface area contributed by atoms with E-state index in [4.69, 9.17) is 4.74 Å². The van der Waals surface area contributed by atoms with Gasteiger partial charge in [0.1, 0.15) is 5.01 Å². The van der Waals surface area contributed by atoms with Crippen molar-refractivity contribution in [3.05, 3.63) is 16.6 Å². The summed E-state index contributed by atoms with van der Waals surface area (Å²) >= 11 is 1.70. The van der Waals surface area contributed by atoms with Crippen LogP contribution in [0.1, 0.15) is 24.3 Å². The van der Waals surface area contributed by atoms with Gasteiger partial charge in [0, 0.05) is 31.3 Å². The minimum absolute atomic E-state index is 0.883. The van der Waals surface area contributed by atoms with E-state index in [2.05, 4.69) is 10.3 Å². The number of nitrogens with one attached hydrogen (secondary N) is 1. The lowest BCUT2D eigenvalue weighted by Gasteiger charge is -2.03. The summed E-state index contributed by atoms with van der Waals surface area (Å²) in [5.41, 5.74) is 0. The van der Waals surface area contributed by atoms with Gasteiger partial charge in [-0.05, 0) is 31.7 Å². The molecule has 1 fully saturated rings. The fraction of sp³-hybridized carbons (Fsp3) is 0.727. The number of hydrogen-bond donors (Lipinski definition) is 1. The largest absolute Gasteiger partial charge is 0.381 e. The second kappa shape index (κ2) is 6.20. The molecule has 0 bridgehead atoms. The molecule has 0 saturated heterocycles. The maximum atomic E-state index is 5.54. The smallest absolute Gasteiger partial charge is 0.106 e. The van der Waals surface area contributed by atoms with E-state index in [1.807, 2.05) is 11.6 Å². The van der Waals surface area contributed by atoms with E-state index in [-0.39, 0.29) is 0 Å². The van der Waals surface area contributed by atoms with Crippen molar-refractivity contribution < 1.29 is 4.74 Å². The summed E-state index contributed by atoms with van der Waals surface area (Å²) in [7, 11) is 0. The molecule has 84 valence electrons. The van der Waals surface area contributed by atoms with E-state index >= 15 is 0 Å². The van der Waals surface area contributed by atoms with Crippen molar-refractivity contribution in [3.8, 4) is 0 Å². The molecule has 0 atom stereocenters. The van der Waals surface area contributed by atoms with E-state index in [0.29, 0.717) is 0 Å². The molecular formula is C11H18N2OS. The third-order valence-electron chi connectivity index (χ3n) is 2.45. The van der Waals surface area contributed by atoms with Crippen LogP contribution in [0.25, 0.3) is 0 Å². The fourth-order valence-electron chi connectivity index (χ4n) is 1.37. The van der Waals surface area contributed by atoms with Crippen molar-refractivity contribution in [1.29, 1.82) is 0 Å². The Morgan fingerprint density at radius 3 is 3.20 bits per heavy atom. The van der Waals surface area contributed by atoms with Crippen molar-refractivity contribution >= 4 is 11.3 Å². The minimum Gasteiger partial charge on any atom is -0.381 e. The minimum atomic E-state index is 0.883. The van der Waals surface area contributed by atoms with Crippen molar-refractivity contribution in [2.45, 2.75) is 25.8 Å². The highest BCUT2D eigenvalue weighted by Gasteiger charge is 2.20. The number of aromatic nitrogens is 1. The van der Waals surface area contributed by atoms with Crippen LogP contribution in [0.3, 0.4) is 0 Å². The average molecular weight is 226 g/mol. The predicted octanol–water partition coefficient (Wildman–Crippen LogP) is 2.05. The maximum Gasteiger partial charge on any atom is 0.106 e. The molecule has 0 spiro atoms. The first-order valence-corrected chi connectivity index (χ1v) is 6.50. The van der Waals surface area contributed by atoms with E-state index in [1.54, 1.807) is 11.3 Å². The van der Waals surface area contributed by atoms with Gasteiger partial charge in [0.2, 0.25) is 0 Å². The van der Waals surface area contributed by atoms with E-state index in [9.17, 15) is 0 Å². The Balaban J connectivity index is 1.38. The van der Waals surface area contributed by atoms with Gasteiger partial charge < -0.3 is 10.1 Å². The highest BCUT2D eigenvalue weighted by molar-refractivity contribution is 7.09. The second-order valence-corrected chi connectivity index (χ2v) is 4.95. The van der Waals surface area contributed by atoms with Gasteiger partial charge in [0.15, 0.2) is 0 Å². The van der Waals surface area contributed by atoms with Crippen LogP contribution >= 0.6 is 11.3 Å². The summed E-state index contributed by atoms with van der Waals surface area (Å²) < 4.78 is 5.54. The summed E-state index contributed by atoms with van der Waals surface area (Å²) in [6.07, 6.45) is 5.70. The van der Waals surface area contributed by atoms with Crippen LogP contribution in [0.2, 0.25) is 0 Å². The van der Waals surface area contributed by atoms with Gasteiger partial charge in [-0.25, -0.2) is 4.98 Å². The number of ether oxygens (including phenoxy) is 1. The molecule has 0 radical (unpaired) electrons. The topological polar surface area (TPSA) is 34.1 Å². The summed E-state index contributed by atoms with van der Waals surface area (Å²) in [6.45, 7) is 3.78. The molecule has 0 unspecified atom stereocenters. The summed E-state index contributed by atoms with van der Waals surface area (Å²) in [4.78, 5) is 4.21. The fourth-order valence-corrected chi connectivity index (χ4v) is 1.96. The lowest BCUT2D eigenvalue weighted by Crippen LogP contribution is -2.16. The van der Waals surface area contributed by atoms with Gasteiger partial charge >= 0.3 is 0 Å². The Morgan fingerprint density at radius 2 is 2.47 bits per heavy atom. The molecule has 1 N–H and O–H groups in total. The van der Waals surface area contributed by atoms with Crippen LogP contribution < -0.4 is 5.32 Å². The molecule has 1 aliphatic carbocycles. The van der Waals surface area contributed by atoms with Crippen molar-refractivity contribution in [2.24, 2.45) is 5.92 Å². The van der Waals surface area contributed by atoms with Crippen molar-refractivity contribution in [2.75, 3.05) is 19.8 Å². The van der Waals surface area contributed by atoms with Crippen molar-refractivity contribution in [1.82, 2.24) is 10.3 Å². The first kappa shape index (κ1) is 11.0. The van der Waals surface area contributed by atoms with E-state index in [1.165, 1.54) is 12.8 Å². The lowest BCUT2D eigenvalue weighted by atomic mass is 10.4. The Labute approximate surface area is 94.9 Å². The van der Waals surface area contributed by atoms with Crippen LogP contribution in [-0.2, 0) is 11.3 Å². The first-order chi connectivity index (χ1) is 7.45. The van der Waals surface area contributed by atoms with Gasteiger partial charge in [0.25, 0.3) is 0 Å². The molecule has 0 amide bonds. The molecular weight excluding hydrogens is 208 g/mol. The molecule has 4 heteroatoms. The van der Waals surface area contributed by atoms with Gasteiger partial charge in [-0.2, -0.15) is 0 Å². The molecule has 15 heavy (non-hydrogen) atoms. The molecule has 1 aliphatic rings. The SMILES string of the molecule is c1csc(CNCCCOCC2CC2)n1. The normalized spacial score (nSPS) is 15.7. The Kier molecular flexibility index (Phi) is 4.57. The van der Waals surface area contributed by atoms with Crippen LogP contribution in [0.5, 0.6) is 0 Å². The third-order valence-corrected chi connectivity index (χ3v) is 3.23. The summed E-state index contributed by atoms with van der Waals surface area (Å²) in [6, 6.07) is 0. The average Bonchev–Trinajstić information content (AvgIpc) is 2.92. The van der Waals surface area contributed by atoms with Gasteiger partial charge in [-0.15, -0.1) is 11.3 Å². The second-order valence-electron chi connectivity index (χ2n) is 3.97. The Morgan fingerprint density at radius 1 is 1.53 bits per heavy atom. The number of rotatable bonds is 8. The monoisotopic (exact) mass is 226 g/mol. The highest BCUT2D eigenvalue weighted by atomic mass is 32.1. The number of hydrogen-bond acceptors (Lipinski definition) is 4. The van der Waals surface area contributed by atoms with E-state index in [0.717, 1.165) is 43.6 Å². The molecule has 2 rings (SSSR count). The molecule has 3 nitrogen and oxygen atoms in total. The van der Waals surface area contributed by atoms with Crippen molar-refractivity contribution in [3.63, 3.8) is 0 Å². The maximum absolute atomic E-state index is 5.54. The third kappa shape index (κ3) is 4.73. The zero-order valence-corrected chi connectivity index (χ0v) is 9.76. The quantitative estimate of drug-likeness (QED) is 0.689. The number of nitrogens with zero attached hydrogens (tertiary/aromatic N) is 1. The number of thiazole rings is 1. The molecule has 1 aromatic heterocycles. The summed E-state index contributed by atoms with van der Waals surface area (Å²) in [5, 5.41) is 6.53. The van der Waals surface area contributed by atoms with Gasteiger partial charge in [0.05, 0.1) is 0 Å². The van der Waals surface area contributed by atoms with Crippen LogP contribution in [0.4, 0.5) is 0 Å². The van der Waals surface area contributed by atoms with E-state index < -0.39 is 0 Å². The molecule has 0 aromatic carbocycles. The van der Waals surface area contributed by atoms with Crippen LogP contribution in [0, 0.1) is 5.92 Å². The molecule has 1 heterocycles. The van der Waals surface area contributed by atoms with Crippen LogP contribution in [-0.4, -0.2) is 24.7 Å². The molecule has 0 aliphatic heterocycles. The molecule has 1 saturated carbocycles. The van der Waals surface area contributed by atoms with Gasteiger partial charge in [-0.3, -0.25) is 0 Å². The predicted molar refractivity (Wildman–Crippen MR) is 62.0 cm³/mol. The molecule has 1 aromatic rings. The van der Waals surface area contributed by atoms with Crippen LogP contribution in [0.15, 0.2) is 11.6 Å². The van der Waals surface area contributed by atoms with Gasteiger partial charge in [-0.1, -0.05) is 0 Å². The zero-order valence-electron chi connectivity index (χ0n) is 8.95. The standard InChI is InChI=1S/C11H18N2OS/c1(6-14-9-10-2-3-10)4-12-8-11-13-5-7-15-11/h5,7,10,12H,1-4,6,8-9H2. The lowest BCUT2D eigenvalue weighted by molar-refractivity contribution is 0.122. The zero-order chi connectivity index (χ0) is 10.3. The Hall–Kier alpha value is -0.450. The first-order valence-electron chi connectivity index (χ1n) is 5.62. The summed E-state index contributed by atoms with van der Waals surface area (Å²) in [5.74, 6) is 0.883. The highest BCUT2D eigenvalue weighted by Crippen LogP contribution is 2.28.